The van der Waals surface area contributed by atoms with Crippen molar-refractivity contribution < 1.29 is 19.1 Å². The number of rotatable bonds is 5. The highest BCUT2D eigenvalue weighted by Crippen LogP contribution is 2.53. The van der Waals surface area contributed by atoms with Crippen LogP contribution in [-0.4, -0.2) is 17.7 Å². The van der Waals surface area contributed by atoms with Gasteiger partial charge in [-0.15, -0.1) is 0 Å². The quantitative estimate of drug-likeness (QED) is 0.417. The average Bonchev–Trinajstić information content (AvgIpc) is 3.59. The van der Waals surface area contributed by atoms with Gasteiger partial charge >= 0.3 is 0 Å². The zero-order valence-electron chi connectivity index (χ0n) is 19.1. The lowest BCUT2D eigenvalue weighted by atomic mass is 9.85. The summed E-state index contributed by atoms with van der Waals surface area (Å²) in [6, 6.07) is 22.3. The van der Waals surface area contributed by atoms with Crippen molar-refractivity contribution in [2.24, 2.45) is 23.7 Å². The van der Waals surface area contributed by atoms with Crippen LogP contribution in [-0.2, 0) is 9.59 Å². The molecule has 176 valence electrons. The molecule has 3 aliphatic rings. The Morgan fingerprint density at radius 3 is 1.94 bits per heavy atom. The molecule has 0 unspecified atom stereocenters. The molecule has 3 aromatic rings. The highest BCUT2D eigenvalue weighted by Gasteiger charge is 2.59. The fourth-order valence-corrected chi connectivity index (χ4v) is 5.46. The van der Waals surface area contributed by atoms with Gasteiger partial charge in [0.15, 0.2) is 0 Å². The van der Waals surface area contributed by atoms with Crippen LogP contribution >= 0.6 is 0 Å². The number of imide groups is 1. The van der Waals surface area contributed by atoms with Gasteiger partial charge in [-0.1, -0.05) is 12.2 Å². The van der Waals surface area contributed by atoms with Gasteiger partial charge < -0.3 is 10.1 Å². The third kappa shape index (κ3) is 3.64. The summed E-state index contributed by atoms with van der Waals surface area (Å²) in [5.41, 5.74) is 2.06. The van der Waals surface area contributed by atoms with Gasteiger partial charge in [0.2, 0.25) is 11.8 Å². The molecule has 6 rings (SSSR count). The van der Waals surface area contributed by atoms with Crippen molar-refractivity contribution in [3.8, 4) is 17.6 Å². The summed E-state index contributed by atoms with van der Waals surface area (Å²) < 4.78 is 5.76. The molecule has 2 bridgehead atoms. The van der Waals surface area contributed by atoms with Crippen molar-refractivity contribution in [1.29, 1.82) is 5.26 Å². The Bertz CT molecular complexity index is 1410. The highest BCUT2D eigenvalue weighted by molar-refractivity contribution is 6.23. The number of nitrogens with zero attached hydrogens (tertiary/aromatic N) is 2. The lowest BCUT2D eigenvalue weighted by Gasteiger charge is -2.17. The number of allylic oxidation sites excluding steroid dienone is 2. The fourth-order valence-electron chi connectivity index (χ4n) is 5.46. The summed E-state index contributed by atoms with van der Waals surface area (Å²) in [5, 5.41) is 11.7. The van der Waals surface area contributed by atoms with E-state index in [4.69, 9.17) is 10.00 Å². The Balaban J connectivity index is 1.10. The molecule has 0 radical (unpaired) electrons. The summed E-state index contributed by atoms with van der Waals surface area (Å²) in [6.07, 6.45) is 5.03. The molecular weight excluding hydrogens is 454 g/mol. The zero-order chi connectivity index (χ0) is 24.8. The van der Waals surface area contributed by atoms with Crippen molar-refractivity contribution in [3.63, 3.8) is 0 Å². The van der Waals surface area contributed by atoms with E-state index < -0.39 is 0 Å². The summed E-state index contributed by atoms with van der Waals surface area (Å²) in [6.45, 7) is 0. The number of amides is 3. The second kappa shape index (κ2) is 8.51. The standard InChI is InChI=1S/C29H21N3O4/c30-16-17-1-11-23(12-2-17)36-24-13-7-21(8-14-24)31-27(33)18-5-9-22(10-6-18)32-28(34)25-19-3-4-20(15-19)26(25)29(32)35/h1-14,19-20,25-26H,15H2,(H,31,33)/t19-,20-,25-,26-/m0/s1. The summed E-state index contributed by atoms with van der Waals surface area (Å²) in [5.74, 6) is 0.438. The van der Waals surface area contributed by atoms with E-state index in [1.54, 1.807) is 72.8 Å². The third-order valence-electron chi connectivity index (χ3n) is 7.19. The van der Waals surface area contributed by atoms with E-state index in [1.165, 1.54) is 4.90 Å². The van der Waals surface area contributed by atoms with E-state index in [1.807, 2.05) is 0 Å². The molecule has 7 heteroatoms. The van der Waals surface area contributed by atoms with Gasteiger partial charge in [0, 0.05) is 11.3 Å². The lowest BCUT2D eigenvalue weighted by molar-refractivity contribution is -0.123. The number of nitrogens with one attached hydrogen (secondary N) is 1. The molecule has 1 heterocycles. The fraction of sp³-hybridized carbons (Fsp3) is 0.172. The summed E-state index contributed by atoms with van der Waals surface area (Å²) in [7, 11) is 0. The number of nitriles is 1. The number of carbonyl (C=O) groups is 3. The Hall–Kier alpha value is -4.70. The van der Waals surface area contributed by atoms with Crippen molar-refractivity contribution in [1.82, 2.24) is 0 Å². The lowest BCUT2D eigenvalue weighted by Crippen LogP contribution is -2.32. The number of hydrogen-bond donors (Lipinski definition) is 1. The van der Waals surface area contributed by atoms with E-state index in [0.29, 0.717) is 34.0 Å². The van der Waals surface area contributed by atoms with Crippen molar-refractivity contribution >= 4 is 29.1 Å². The Morgan fingerprint density at radius 2 is 1.39 bits per heavy atom. The first-order chi connectivity index (χ1) is 17.5. The van der Waals surface area contributed by atoms with Crippen LogP contribution in [0.15, 0.2) is 84.9 Å². The molecule has 2 aliphatic carbocycles. The van der Waals surface area contributed by atoms with E-state index in [9.17, 15) is 14.4 Å². The van der Waals surface area contributed by atoms with Crippen molar-refractivity contribution in [2.75, 3.05) is 10.2 Å². The molecule has 2 fully saturated rings. The third-order valence-corrected chi connectivity index (χ3v) is 7.19. The molecule has 7 nitrogen and oxygen atoms in total. The smallest absolute Gasteiger partial charge is 0.255 e. The first kappa shape index (κ1) is 21.8. The minimum absolute atomic E-state index is 0.137. The number of ether oxygens (including phenoxy) is 1. The monoisotopic (exact) mass is 475 g/mol. The van der Waals surface area contributed by atoms with Gasteiger partial charge in [-0.3, -0.25) is 19.3 Å². The van der Waals surface area contributed by atoms with E-state index in [2.05, 4.69) is 23.5 Å². The van der Waals surface area contributed by atoms with E-state index >= 15 is 0 Å². The first-order valence-electron chi connectivity index (χ1n) is 11.8. The predicted molar refractivity (Wildman–Crippen MR) is 132 cm³/mol. The first-order valence-corrected chi connectivity index (χ1v) is 11.8. The zero-order valence-corrected chi connectivity index (χ0v) is 19.1. The molecule has 1 N–H and O–H groups in total. The van der Waals surface area contributed by atoms with Gasteiger partial charge in [-0.2, -0.15) is 5.26 Å². The molecule has 1 saturated carbocycles. The topological polar surface area (TPSA) is 99.5 Å². The number of hydrogen-bond acceptors (Lipinski definition) is 5. The van der Waals surface area contributed by atoms with E-state index in [-0.39, 0.29) is 41.4 Å². The van der Waals surface area contributed by atoms with E-state index in [0.717, 1.165) is 6.42 Å². The molecule has 1 saturated heterocycles. The van der Waals surface area contributed by atoms with Crippen LogP contribution in [0.1, 0.15) is 22.3 Å². The highest BCUT2D eigenvalue weighted by atomic mass is 16.5. The number of carbonyl (C=O) groups excluding carboxylic acids is 3. The maximum absolute atomic E-state index is 13.0. The maximum atomic E-state index is 13.0. The van der Waals surface area contributed by atoms with Gasteiger partial charge in [0.25, 0.3) is 5.91 Å². The SMILES string of the molecule is N#Cc1ccc(Oc2ccc(NC(=O)c3ccc(N4C(=O)[C@@H]5[C@@H](C4=O)[C@H]4C=C[C@H]5C4)cc3)cc2)cc1. The maximum Gasteiger partial charge on any atom is 0.255 e. The predicted octanol–water partition coefficient (Wildman–Crippen LogP) is 4.91. The van der Waals surface area contributed by atoms with Crippen LogP contribution in [0.2, 0.25) is 0 Å². The molecule has 1 aliphatic heterocycles. The van der Waals surface area contributed by atoms with Crippen LogP contribution in [0.4, 0.5) is 11.4 Å². The minimum Gasteiger partial charge on any atom is -0.457 e. The van der Waals surface area contributed by atoms with Crippen molar-refractivity contribution in [2.45, 2.75) is 6.42 Å². The van der Waals surface area contributed by atoms with Crippen LogP contribution in [0.3, 0.4) is 0 Å². The van der Waals surface area contributed by atoms with Crippen LogP contribution in [0, 0.1) is 35.0 Å². The van der Waals surface area contributed by atoms with Crippen LogP contribution in [0.25, 0.3) is 0 Å². The average molecular weight is 476 g/mol. The van der Waals surface area contributed by atoms with Gasteiger partial charge in [-0.05, 0) is 91.1 Å². The molecule has 4 atom stereocenters. The molecule has 36 heavy (non-hydrogen) atoms. The second-order valence-corrected chi connectivity index (χ2v) is 9.28. The van der Waals surface area contributed by atoms with Crippen molar-refractivity contribution in [3.05, 3.63) is 96.1 Å². The van der Waals surface area contributed by atoms with Gasteiger partial charge in [0.05, 0.1) is 29.2 Å². The summed E-state index contributed by atoms with van der Waals surface area (Å²) in [4.78, 5) is 40.0. The Labute approximate surface area is 207 Å². The normalized spacial score (nSPS) is 23.5. The number of benzene rings is 3. The second-order valence-electron chi connectivity index (χ2n) is 9.28. The molecule has 0 aromatic heterocycles. The van der Waals surface area contributed by atoms with Gasteiger partial charge in [0.1, 0.15) is 11.5 Å². The molecule has 0 spiro atoms. The largest absolute Gasteiger partial charge is 0.457 e. The molecular formula is C29H21N3O4. The van der Waals surface area contributed by atoms with Crippen LogP contribution in [0.5, 0.6) is 11.5 Å². The Kier molecular flexibility index (Phi) is 5.15. The number of anilines is 2. The minimum atomic E-state index is -0.305. The number of fused-ring (bicyclic) bond motifs is 5. The Morgan fingerprint density at radius 1 is 0.833 bits per heavy atom. The van der Waals surface area contributed by atoms with Crippen LogP contribution < -0.4 is 15.0 Å². The van der Waals surface area contributed by atoms with Gasteiger partial charge in [-0.25, -0.2) is 0 Å². The molecule has 3 aromatic carbocycles. The summed E-state index contributed by atoms with van der Waals surface area (Å²) >= 11 is 0. The molecule has 3 amide bonds.